The van der Waals surface area contributed by atoms with Crippen LogP contribution in [0.5, 0.6) is 0 Å². The second-order valence-electron chi connectivity index (χ2n) is 3.02. The highest BCUT2D eigenvalue weighted by molar-refractivity contribution is 4.48. The monoisotopic (exact) mass is 176 g/mol. The maximum absolute atomic E-state index is 10.1. The van der Waals surface area contributed by atoms with Crippen molar-refractivity contribution in [1.82, 2.24) is 0 Å². The molecule has 0 aromatic heterocycles. The van der Waals surface area contributed by atoms with Crippen molar-refractivity contribution in [2.24, 2.45) is 5.92 Å². The molecule has 0 unspecified atom stereocenters. The number of hydrogen-bond acceptors (Lipinski definition) is 4. The van der Waals surface area contributed by atoms with Gasteiger partial charge in [0.1, 0.15) is 0 Å². The highest BCUT2D eigenvalue weighted by Crippen LogP contribution is 2.08. The van der Waals surface area contributed by atoms with Gasteiger partial charge in [-0.05, 0) is 12.3 Å². The van der Waals surface area contributed by atoms with Crippen LogP contribution in [0.1, 0.15) is 26.7 Å². The van der Waals surface area contributed by atoms with Crippen LogP contribution in [-0.4, -0.2) is 16.0 Å². The lowest BCUT2D eigenvalue weighted by Crippen LogP contribution is -2.28. The van der Waals surface area contributed by atoms with E-state index in [1.165, 1.54) is 0 Å². The molecule has 0 aromatic carbocycles. The Morgan fingerprint density at radius 2 is 1.50 bits per heavy atom. The Bertz CT molecular complexity index is 166. The molecule has 6 heteroatoms. The Kier molecular flexibility index (Phi) is 4.17. The van der Waals surface area contributed by atoms with Crippen molar-refractivity contribution in [3.05, 3.63) is 20.2 Å². The van der Waals surface area contributed by atoms with Crippen molar-refractivity contribution >= 4 is 0 Å². The van der Waals surface area contributed by atoms with Crippen molar-refractivity contribution in [2.45, 2.75) is 32.9 Å². The molecule has 0 amide bonds. The Morgan fingerprint density at radius 1 is 1.08 bits per heavy atom. The second-order valence-corrected chi connectivity index (χ2v) is 3.02. The third kappa shape index (κ3) is 3.85. The minimum atomic E-state index is -1.63. The SMILES string of the molecule is CC(C)CCC([N+](=O)[O-])[N+](=O)[O-]. The smallest absolute Gasteiger partial charge is 0.259 e. The van der Waals surface area contributed by atoms with Gasteiger partial charge >= 0.3 is 6.17 Å². The zero-order valence-corrected chi connectivity index (χ0v) is 7.10. The molecule has 12 heavy (non-hydrogen) atoms. The third-order valence-corrected chi connectivity index (χ3v) is 1.49. The molecule has 0 N–H and O–H groups in total. The van der Waals surface area contributed by atoms with Crippen LogP contribution in [0.25, 0.3) is 0 Å². The fourth-order valence-electron chi connectivity index (χ4n) is 0.770. The molecule has 0 heterocycles. The molecule has 0 rings (SSSR count). The van der Waals surface area contributed by atoms with Gasteiger partial charge in [-0.3, -0.25) is 20.2 Å². The lowest BCUT2D eigenvalue weighted by molar-refractivity contribution is -0.743. The standard InChI is InChI=1S/C6H12N2O4/c1-5(2)3-4-6(7(9)10)8(11)12/h5-6H,3-4H2,1-2H3. The van der Waals surface area contributed by atoms with E-state index in [0.29, 0.717) is 6.42 Å². The summed E-state index contributed by atoms with van der Waals surface area (Å²) in [4.78, 5) is 18.5. The summed E-state index contributed by atoms with van der Waals surface area (Å²) in [6, 6.07) is 0. The summed E-state index contributed by atoms with van der Waals surface area (Å²) >= 11 is 0. The molecule has 0 aromatic rings. The predicted molar refractivity (Wildman–Crippen MR) is 41.8 cm³/mol. The maximum Gasteiger partial charge on any atom is 0.450 e. The zero-order chi connectivity index (χ0) is 9.72. The number of nitro groups is 2. The maximum atomic E-state index is 10.1. The molecule has 6 nitrogen and oxygen atoms in total. The predicted octanol–water partition coefficient (Wildman–Crippen LogP) is 1.30. The van der Waals surface area contributed by atoms with Crippen LogP contribution in [0.2, 0.25) is 0 Å². The first-order valence-electron chi connectivity index (χ1n) is 3.72. The highest BCUT2D eigenvalue weighted by atomic mass is 16.7. The fourth-order valence-corrected chi connectivity index (χ4v) is 0.770. The van der Waals surface area contributed by atoms with Gasteiger partial charge in [-0.25, -0.2) is 0 Å². The summed E-state index contributed by atoms with van der Waals surface area (Å²) in [7, 11) is 0. The fraction of sp³-hybridized carbons (Fsp3) is 1.00. The largest absolute Gasteiger partial charge is 0.450 e. The van der Waals surface area contributed by atoms with E-state index >= 15 is 0 Å². The Labute approximate surface area is 69.9 Å². The molecular formula is C6H12N2O4. The van der Waals surface area contributed by atoms with Crippen LogP contribution in [0.3, 0.4) is 0 Å². The summed E-state index contributed by atoms with van der Waals surface area (Å²) in [5, 5.41) is 20.2. The topological polar surface area (TPSA) is 86.3 Å². The van der Waals surface area contributed by atoms with Crippen molar-refractivity contribution in [1.29, 1.82) is 0 Å². The molecule has 0 saturated heterocycles. The Morgan fingerprint density at radius 3 is 1.75 bits per heavy atom. The number of rotatable bonds is 5. The summed E-state index contributed by atoms with van der Waals surface area (Å²) in [6.45, 7) is 3.74. The summed E-state index contributed by atoms with van der Waals surface area (Å²) < 4.78 is 0. The molecule has 0 spiro atoms. The van der Waals surface area contributed by atoms with Gasteiger partial charge < -0.3 is 0 Å². The van der Waals surface area contributed by atoms with Gasteiger partial charge in [0.05, 0.1) is 16.3 Å². The minimum Gasteiger partial charge on any atom is -0.259 e. The van der Waals surface area contributed by atoms with Crippen molar-refractivity contribution in [3.8, 4) is 0 Å². The second kappa shape index (κ2) is 4.63. The number of hydrogen-bond donors (Lipinski definition) is 0. The number of nitrogens with zero attached hydrogens (tertiary/aromatic N) is 2. The molecular weight excluding hydrogens is 164 g/mol. The van der Waals surface area contributed by atoms with E-state index in [1.54, 1.807) is 0 Å². The van der Waals surface area contributed by atoms with Gasteiger partial charge in [-0.2, -0.15) is 0 Å². The highest BCUT2D eigenvalue weighted by Gasteiger charge is 2.31. The van der Waals surface area contributed by atoms with Crippen molar-refractivity contribution in [2.75, 3.05) is 0 Å². The van der Waals surface area contributed by atoms with E-state index in [9.17, 15) is 20.2 Å². The first-order chi connectivity index (χ1) is 5.45. The van der Waals surface area contributed by atoms with Crippen LogP contribution in [-0.2, 0) is 0 Å². The van der Waals surface area contributed by atoms with Gasteiger partial charge in [0.15, 0.2) is 0 Å². The Balaban J connectivity index is 3.97. The first-order valence-corrected chi connectivity index (χ1v) is 3.72. The lowest BCUT2D eigenvalue weighted by atomic mass is 10.1. The molecule has 0 fully saturated rings. The molecule has 0 aliphatic rings. The quantitative estimate of drug-likeness (QED) is 0.359. The molecule has 0 atom stereocenters. The van der Waals surface area contributed by atoms with E-state index in [0.717, 1.165) is 0 Å². The molecule has 0 saturated carbocycles. The van der Waals surface area contributed by atoms with E-state index in [-0.39, 0.29) is 12.3 Å². The van der Waals surface area contributed by atoms with E-state index < -0.39 is 16.0 Å². The molecule has 0 aliphatic carbocycles. The lowest BCUT2D eigenvalue weighted by Gasteiger charge is -2.03. The first kappa shape index (κ1) is 10.8. The molecule has 70 valence electrons. The average Bonchev–Trinajstić information content (AvgIpc) is 1.84. The van der Waals surface area contributed by atoms with Gasteiger partial charge in [0.2, 0.25) is 0 Å². The van der Waals surface area contributed by atoms with Crippen LogP contribution >= 0.6 is 0 Å². The van der Waals surface area contributed by atoms with Crippen molar-refractivity contribution < 1.29 is 9.85 Å². The third-order valence-electron chi connectivity index (χ3n) is 1.49. The van der Waals surface area contributed by atoms with E-state index in [4.69, 9.17) is 0 Å². The zero-order valence-electron chi connectivity index (χ0n) is 7.10. The van der Waals surface area contributed by atoms with Gasteiger partial charge in [-0.15, -0.1) is 0 Å². The van der Waals surface area contributed by atoms with Crippen LogP contribution < -0.4 is 0 Å². The normalized spacial score (nSPS) is 10.7. The molecule has 0 aliphatic heterocycles. The molecule has 0 radical (unpaired) electrons. The summed E-state index contributed by atoms with van der Waals surface area (Å²) in [5.74, 6) is 0.257. The summed E-state index contributed by atoms with van der Waals surface area (Å²) in [6.07, 6.45) is -1.11. The van der Waals surface area contributed by atoms with Crippen LogP contribution in [0.15, 0.2) is 0 Å². The van der Waals surface area contributed by atoms with E-state index in [2.05, 4.69) is 0 Å². The van der Waals surface area contributed by atoms with Crippen LogP contribution in [0.4, 0.5) is 0 Å². The molecule has 0 bridgehead atoms. The van der Waals surface area contributed by atoms with Gasteiger partial charge in [0.25, 0.3) is 0 Å². The van der Waals surface area contributed by atoms with Crippen molar-refractivity contribution in [3.63, 3.8) is 0 Å². The Hall–Kier alpha value is -1.20. The average molecular weight is 176 g/mol. The minimum absolute atomic E-state index is 0.0116. The van der Waals surface area contributed by atoms with E-state index in [1.807, 2.05) is 13.8 Å². The van der Waals surface area contributed by atoms with Crippen LogP contribution in [0, 0.1) is 26.1 Å². The van der Waals surface area contributed by atoms with Gasteiger partial charge in [0, 0.05) is 0 Å². The van der Waals surface area contributed by atoms with Gasteiger partial charge in [-0.1, -0.05) is 13.8 Å². The summed E-state index contributed by atoms with van der Waals surface area (Å²) in [5.41, 5.74) is 0.